The van der Waals surface area contributed by atoms with Crippen molar-refractivity contribution in [2.24, 2.45) is 5.73 Å². The summed E-state index contributed by atoms with van der Waals surface area (Å²) in [4.78, 5) is 4.35. The Morgan fingerprint density at radius 3 is 2.79 bits per heavy atom. The fraction of sp³-hybridized carbons (Fsp3) is 0.545. The Morgan fingerprint density at radius 1 is 1.57 bits per heavy atom. The molecule has 1 aromatic heterocycles. The number of nitrogens with two attached hydrogens (primary N) is 1. The van der Waals surface area contributed by atoms with Gasteiger partial charge in [0.1, 0.15) is 5.82 Å². The highest BCUT2D eigenvalue weighted by atomic mass is 15.0. The van der Waals surface area contributed by atoms with Crippen LogP contribution in [0, 0.1) is 6.92 Å². The van der Waals surface area contributed by atoms with Crippen LogP contribution in [0.3, 0.4) is 0 Å². The zero-order valence-corrected chi connectivity index (χ0v) is 9.17. The Morgan fingerprint density at radius 2 is 2.29 bits per heavy atom. The molecule has 0 aromatic carbocycles. The van der Waals surface area contributed by atoms with E-state index in [1.165, 1.54) is 0 Å². The summed E-state index contributed by atoms with van der Waals surface area (Å²) in [7, 11) is 0. The zero-order valence-electron chi connectivity index (χ0n) is 9.17. The Labute approximate surface area is 85.7 Å². The summed E-state index contributed by atoms with van der Waals surface area (Å²) < 4.78 is 0. The molecular formula is C11H19N3. The lowest BCUT2D eigenvalue weighted by Crippen LogP contribution is -2.08. The fourth-order valence-corrected chi connectivity index (χ4v) is 1.27. The molecule has 1 heterocycles. The molecule has 14 heavy (non-hydrogen) atoms. The van der Waals surface area contributed by atoms with Crippen LogP contribution in [0.1, 0.15) is 37.4 Å². The Kier molecular flexibility index (Phi) is 3.89. The number of hydrogen-bond acceptors (Lipinski definition) is 3. The number of nitrogens with zero attached hydrogens (tertiary/aromatic N) is 1. The van der Waals surface area contributed by atoms with Crippen LogP contribution in [0.4, 0.5) is 5.82 Å². The van der Waals surface area contributed by atoms with Crippen molar-refractivity contribution in [3.05, 3.63) is 23.4 Å². The molecule has 0 saturated heterocycles. The van der Waals surface area contributed by atoms with Gasteiger partial charge in [-0.25, -0.2) is 4.98 Å². The molecule has 3 N–H and O–H groups in total. The average molecular weight is 193 g/mol. The summed E-state index contributed by atoms with van der Waals surface area (Å²) in [5.41, 5.74) is 8.02. The Balaban J connectivity index is 2.79. The van der Waals surface area contributed by atoms with Gasteiger partial charge < -0.3 is 11.1 Å². The van der Waals surface area contributed by atoms with Crippen LogP contribution in [-0.2, 0) is 0 Å². The molecule has 0 bridgehead atoms. The molecule has 0 saturated carbocycles. The Hall–Kier alpha value is -1.09. The summed E-state index contributed by atoms with van der Waals surface area (Å²) in [6, 6.07) is 2.15. The maximum absolute atomic E-state index is 5.77. The lowest BCUT2D eigenvalue weighted by Gasteiger charge is -2.10. The van der Waals surface area contributed by atoms with Crippen LogP contribution in [0.5, 0.6) is 0 Å². The van der Waals surface area contributed by atoms with Gasteiger partial charge >= 0.3 is 0 Å². The molecule has 0 radical (unpaired) electrons. The van der Waals surface area contributed by atoms with Crippen LogP contribution in [-0.4, -0.2) is 11.5 Å². The minimum atomic E-state index is 0.0569. The quantitative estimate of drug-likeness (QED) is 0.771. The van der Waals surface area contributed by atoms with Gasteiger partial charge in [0.15, 0.2) is 0 Å². The van der Waals surface area contributed by atoms with E-state index in [9.17, 15) is 0 Å². The molecule has 0 unspecified atom stereocenters. The standard InChI is InChI=1S/C11H19N3/c1-4-5-13-11-8(2)6-10(7-14-11)9(3)12/h6-7,9H,4-5,12H2,1-3H3,(H,13,14)/t9-/m1/s1. The van der Waals surface area contributed by atoms with Gasteiger partial charge in [-0.3, -0.25) is 0 Å². The van der Waals surface area contributed by atoms with Gasteiger partial charge in [-0.05, 0) is 37.5 Å². The van der Waals surface area contributed by atoms with Crippen LogP contribution in [0.15, 0.2) is 12.3 Å². The topological polar surface area (TPSA) is 50.9 Å². The largest absolute Gasteiger partial charge is 0.370 e. The van der Waals surface area contributed by atoms with Gasteiger partial charge in [-0.1, -0.05) is 6.92 Å². The van der Waals surface area contributed by atoms with Crippen molar-refractivity contribution in [2.75, 3.05) is 11.9 Å². The van der Waals surface area contributed by atoms with Crippen molar-refractivity contribution < 1.29 is 0 Å². The molecule has 1 aromatic rings. The van der Waals surface area contributed by atoms with E-state index in [1.54, 1.807) is 0 Å². The molecule has 0 aliphatic rings. The molecule has 0 spiro atoms. The number of rotatable bonds is 4. The second-order valence-electron chi connectivity index (χ2n) is 3.65. The van der Waals surface area contributed by atoms with Gasteiger partial charge in [-0.2, -0.15) is 0 Å². The third-order valence-corrected chi connectivity index (χ3v) is 2.17. The lowest BCUT2D eigenvalue weighted by molar-refractivity contribution is 0.809. The van der Waals surface area contributed by atoms with E-state index in [0.717, 1.165) is 29.9 Å². The summed E-state index contributed by atoms with van der Waals surface area (Å²) >= 11 is 0. The van der Waals surface area contributed by atoms with E-state index < -0.39 is 0 Å². The first-order valence-corrected chi connectivity index (χ1v) is 5.11. The van der Waals surface area contributed by atoms with Crippen LogP contribution >= 0.6 is 0 Å². The fourth-order valence-electron chi connectivity index (χ4n) is 1.27. The highest BCUT2D eigenvalue weighted by Crippen LogP contribution is 2.16. The van der Waals surface area contributed by atoms with Crippen molar-refractivity contribution in [2.45, 2.75) is 33.2 Å². The van der Waals surface area contributed by atoms with Crippen molar-refractivity contribution in [1.82, 2.24) is 4.98 Å². The monoisotopic (exact) mass is 193 g/mol. The molecular weight excluding hydrogens is 174 g/mol. The smallest absolute Gasteiger partial charge is 0.128 e. The highest BCUT2D eigenvalue weighted by Gasteiger charge is 2.03. The zero-order chi connectivity index (χ0) is 10.6. The van der Waals surface area contributed by atoms with Crippen molar-refractivity contribution in [1.29, 1.82) is 0 Å². The Bertz CT molecular complexity index is 295. The molecule has 0 aliphatic carbocycles. The van der Waals surface area contributed by atoms with E-state index in [4.69, 9.17) is 5.73 Å². The van der Waals surface area contributed by atoms with Gasteiger partial charge in [0.25, 0.3) is 0 Å². The summed E-state index contributed by atoms with van der Waals surface area (Å²) in [5.74, 6) is 0.969. The van der Waals surface area contributed by atoms with Gasteiger partial charge in [0.2, 0.25) is 0 Å². The first-order chi connectivity index (χ1) is 6.65. The minimum Gasteiger partial charge on any atom is -0.370 e. The molecule has 3 nitrogen and oxygen atoms in total. The predicted octanol–water partition coefficient (Wildman–Crippen LogP) is 2.23. The number of pyridine rings is 1. The van der Waals surface area contributed by atoms with Crippen molar-refractivity contribution >= 4 is 5.82 Å². The third-order valence-electron chi connectivity index (χ3n) is 2.17. The van der Waals surface area contributed by atoms with E-state index in [0.29, 0.717) is 0 Å². The predicted molar refractivity (Wildman–Crippen MR) is 60.4 cm³/mol. The third kappa shape index (κ3) is 2.70. The number of aromatic nitrogens is 1. The second-order valence-corrected chi connectivity index (χ2v) is 3.65. The number of nitrogens with one attached hydrogen (secondary N) is 1. The molecule has 0 fully saturated rings. The lowest BCUT2D eigenvalue weighted by atomic mass is 10.1. The highest BCUT2D eigenvalue weighted by molar-refractivity contribution is 5.44. The van der Waals surface area contributed by atoms with E-state index in [-0.39, 0.29) is 6.04 Å². The molecule has 0 aliphatic heterocycles. The van der Waals surface area contributed by atoms with Crippen molar-refractivity contribution in [3.8, 4) is 0 Å². The van der Waals surface area contributed by atoms with Crippen molar-refractivity contribution in [3.63, 3.8) is 0 Å². The molecule has 0 amide bonds. The SMILES string of the molecule is CCCNc1ncc([C@@H](C)N)cc1C. The van der Waals surface area contributed by atoms with E-state index >= 15 is 0 Å². The first-order valence-electron chi connectivity index (χ1n) is 5.11. The normalized spacial score (nSPS) is 12.6. The maximum atomic E-state index is 5.77. The molecule has 78 valence electrons. The molecule has 1 rings (SSSR count). The summed E-state index contributed by atoms with van der Waals surface area (Å²) in [6.07, 6.45) is 2.95. The first kappa shape index (κ1) is 11.0. The van der Waals surface area contributed by atoms with Crippen LogP contribution in [0.25, 0.3) is 0 Å². The van der Waals surface area contributed by atoms with E-state index in [1.807, 2.05) is 13.1 Å². The number of aryl methyl sites for hydroxylation is 1. The second kappa shape index (κ2) is 4.96. The summed E-state index contributed by atoms with van der Waals surface area (Å²) in [5, 5.41) is 3.28. The number of hydrogen-bond donors (Lipinski definition) is 2. The number of anilines is 1. The van der Waals surface area contributed by atoms with Gasteiger partial charge in [-0.15, -0.1) is 0 Å². The summed E-state index contributed by atoms with van der Waals surface area (Å²) in [6.45, 7) is 7.12. The van der Waals surface area contributed by atoms with Gasteiger partial charge in [0.05, 0.1) is 0 Å². The molecule has 3 heteroatoms. The van der Waals surface area contributed by atoms with Gasteiger partial charge in [0, 0.05) is 18.8 Å². The van der Waals surface area contributed by atoms with E-state index in [2.05, 4.69) is 30.2 Å². The maximum Gasteiger partial charge on any atom is 0.128 e. The molecule has 1 atom stereocenters. The van der Waals surface area contributed by atoms with Crippen LogP contribution in [0.2, 0.25) is 0 Å². The average Bonchev–Trinajstić information content (AvgIpc) is 2.15. The van der Waals surface area contributed by atoms with Crippen LogP contribution < -0.4 is 11.1 Å². The minimum absolute atomic E-state index is 0.0569.